The molecule has 0 bridgehead atoms. The second-order valence-corrected chi connectivity index (χ2v) is 4.20. The molecule has 15 heavy (non-hydrogen) atoms. The highest BCUT2D eigenvalue weighted by atomic mass is 17.1. The first kappa shape index (κ1) is 9.07. The van der Waals surface area contributed by atoms with Crippen molar-refractivity contribution in [2.75, 3.05) is 0 Å². The molecular formula is C12H13NO2. The molecule has 1 fully saturated rings. The zero-order chi connectivity index (χ0) is 10.3. The fraction of sp³-hybridized carbons (Fsp3) is 0.417. The molecule has 1 aromatic rings. The predicted molar refractivity (Wildman–Crippen MR) is 57.4 cm³/mol. The van der Waals surface area contributed by atoms with Crippen molar-refractivity contribution in [3.63, 3.8) is 0 Å². The minimum Gasteiger partial charge on any atom is -0.254 e. The van der Waals surface area contributed by atoms with Gasteiger partial charge >= 0.3 is 0 Å². The van der Waals surface area contributed by atoms with Gasteiger partial charge in [-0.25, -0.2) is 4.89 Å². The van der Waals surface area contributed by atoms with Crippen molar-refractivity contribution in [3.05, 3.63) is 29.8 Å². The van der Waals surface area contributed by atoms with Gasteiger partial charge in [-0.15, -0.1) is 0 Å². The molecule has 1 aliphatic heterocycles. The molecule has 0 unspecified atom stereocenters. The minimum absolute atomic E-state index is 0.630. The fourth-order valence-corrected chi connectivity index (χ4v) is 2.65. The van der Waals surface area contributed by atoms with Crippen LogP contribution in [0.3, 0.4) is 0 Å². The summed E-state index contributed by atoms with van der Waals surface area (Å²) in [4.78, 5) is 9.35. The van der Waals surface area contributed by atoms with Crippen LogP contribution in [0.25, 0.3) is 0 Å². The summed E-state index contributed by atoms with van der Waals surface area (Å²) in [5, 5.41) is 9.22. The molecule has 2 aliphatic rings. The molecule has 1 atom stereocenters. The maximum Gasteiger partial charge on any atom is 0.168 e. The molecule has 0 amide bonds. The number of rotatable bonds is 1. The van der Waals surface area contributed by atoms with Crippen LogP contribution >= 0.6 is 0 Å². The molecule has 78 valence electrons. The lowest BCUT2D eigenvalue weighted by atomic mass is 9.79. The number of aliphatic imine (C=N–C) groups is 1. The first-order chi connectivity index (χ1) is 7.37. The Bertz CT molecular complexity index is 427. The summed E-state index contributed by atoms with van der Waals surface area (Å²) < 4.78 is 0. The zero-order valence-electron chi connectivity index (χ0n) is 8.44. The summed E-state index contributed by atoms with van der Waals surface area (Å²) in [5.74, 6) is 0. The van der Waals surface area contributed by atoms with E-state index >= 15 is 0 Å². The standard InChI is InChI=1S/C12H13NO2/c14-15-12-8-4-3-7-11(12)13-10-6-2-1-5-9(10)12/h1-2,5-6,14H,3-4,7-8H2/t12-/m1/s1. The van der Waals surface area contributed by atoms with E-state index < -0.39 is 5.60 Å². The fourth-order valence-electron chi connectivity index (χ4n) is 2.65. The summed E-state index contributed by atoms with van der Waals surface area (Å²) in [5.41, 5.74) is 2.32. The molecule has 1 N–H and O–H groups in total. The summed E-state index contributed by atoms with van der Waals surface area (Å²) in [7, 11) is 0. The van der Waals surface area contributed by atoms with Crippen LogP contribution in [-0.4, -0.2) is 11.0 Å². The van der Waals surface area contributed by atoms with Gasteiger partial charge in [-0.2, -0.15) is 0 Å². The number of benzene rings is 1. The van der Waals surface area contributed by atoms with Gasteiger partial charge in [-0.3, -0.25) is 10.2 Å². The smallest absolute Gasteiger partial charge is 0.168 e. The first-order valence-electron chi connectivity index (χ1n) is 5.37. The molecule has 1 aliphatic carbocycles. The van der Waals surface area contributed by atoms with E-state index in [9.17, 15) is 5.26 Å². The monoisotopic (exact) mass is 203 g/mol. The van der Waals surface area contributed by atoms with Gasteiger partial charge in [0, 0.05) is 5.56 Å². The van der Waals surface area contributed by atoms with Crippen LogP contribution in [0.1, 0.15) is 31.2 Å². The van der Waals surface area contributed by atoms with Gasteiger partial charge in [0.15, 0.2) is 5.60 Å². The third kappa shape index (κ3) is 1.10. The second kappa shape index (κ2) is 3.15. The molecule has 0 spiro atoms. The highest BCUT2D eigenvalue weighted by Gasteiger charge is 2.46. The van der Waals surface area contributed by atoms with E-state index in [1.165, 1.54) is 0 Å². The molecule has 0 radical (unpaired) electrons. The lowest BCUT2D eigenvalue weighted by Gasteiger charge is -2.32. The van der Waals surface area contributed by atoms with Crippen molar-refractivity contribution in [1.82, 2.24) is 0 Å². The average molecular weight is 203 g/mol. The van der Waals surface area contributed by atoms with Crippen LogP contribution in [0.2, 0.25) is 0 Å². The lowest BCUT2D eigenvalue weighted by molar-refractivity contribution is -0.308. The van der Waals surface area contributed by atoms with Crippen molar-refractivity contribution in [2.24, 2.45) is 4.99 Å². The van der Waals surface area contributed by atoms with E-state index in [1.54, 1.807) is 0 Å². The van der Waals surface area contributed by atoms with Gasteiger partial charge in [-0.1, -0.05) is 18.2 Å². The molecule has 0 saturated heterocycles. The van der Waals surface area contributed by atoms with E-state index in [-0.39, 0.29) is 0 Å². The van der Waals surface area contributed by atoms with Crippen molar-refractivity contribution < 1.29 is 10.1 Å². The van der Waals surface area contributed by atoms with Gasteiger partial charge in [0.2, 0.25) is 0 Å². The van der Waals surface area contributed by atoms with Crippen molar-refractivity contribution >= 4 is 11.4 Å². The molecule has 0 aromatic heterocycles. The van der Waals surface area contributed by atoms with Gasteiger partial charge in [0.1, 0.15) is 0 Å². The Labute approximate surface area is 88.3 Å². The Morgan fingerprint density at radius 3 is 3.00 bits per heavy atom. The van der Waals surface area contributed by atoms with Gasteiger partial charge in [0.05, 0.1) is 11.4 Å². The number of fused-ring (bicyclic) bond motifs is 3. The maximum atomic E-state index is 9.22. The van der Waals surface area contributed by atoms with Crippen molar-refractivity contribution in [1.29, 1.82) is 0 Å². The van der Waals surface area contributed by atoms with Crippen LogP contribution in [0, 0.1) is 0 Å². The molecule has 1 saturated carbocycles. The Hall–Kier alpha value is -1.19. The highest BCUT2D eigenvalue weighted by Crippen LogP contribution is 2.47. The Kier molecular flexibility index (Phi) is 1.90. The van der Waals surface area contributed by atoms with E-state index in [4.69, 9.17) is 4.89 Å². The van der Waals surface area contributed by atoms with Crippen LogP contribution in [-0.2, 0) is 10.5 Å². The van der Waals surface area contributed by atoms with Gasteiger partial charge in [-0.05, 0) is 31.7 Å². The lowest BCUT2D eigenvalue weighted by Crippen LogP contribution is -2.38. The SMILES string of the molecule is OO[C@@]12CCCCC1=Nc1ccccc12. The van der Waals surface area contributed by atoms with Crippen molar-refractivity contribution in [3.8, 4) is 0 Å². The largest absolute Gasteiger partial charge is 0.254 e. The van der Waals surface area contributed by atoms with E-state index in [0.717, 1.165) is 42.6 Å². The van der Waals surface area contributed by atoms with Crippen LogP contribution in [0.5, 0.6) is 0 Å². The Balaban J connectivity index is 2.18. The van der Waals surface area contributed by atoms with Crippen molar-refractivity contribution in [2.45, 2.75) is 31.3 Å². The van der Waals surface area contributed by atoms with E-state index in [1.807, 2.05) is 24.3 Å². The number of hydrogen-bond acceptors (Lipinski definition) is 3. The third-order valence-corrected chi connectivity index (χ3v) is 3.41. The van der Waals surface area contributed by atoms with Crippen LogP contribution in [0.15, 0.2) is 29.3 Å². The Morgan fingerprint density at radius 1 is 1.27 bits per heavy atom. The molecule has 3 heteroatoms. The van der Waals surface area contributed by atoms with Gasteiger partial charge < -0.3 is 0 Å². The number of hydrogen-bond donors (Lipinski definition) is 1. The summed E-state index contributed by atoms with van der Waals surface area (Å²) in [6, 6.07) is 7.90. The summed E-state index contributed by atoms with van der Waals surface area (Å²) in [6.45, 7) is 0. The summed E-state index contributed by atoms with van der Waals surface area (Å²) >= 11 is 0. The second-order valence-electron chi connectivity index (χ2n) is 4.20. The predicted octanol–water partition coefficient (Wildman–Crippen LogP) is 3.03. The van der Waals surface area contributed by atoms with E-state index in [2.05, 4.69) is 4.99 Å². The Morgan fingerprint density at radius 2 is 2.13 bits per heavy atom. The molecule has 1 aromatic carbocycles. The van der Waals surface area contributed by atoms with Crippen LogP contribution < -0.4 is 0 Å². The van der Waals surface area contributed by atoms with E-state index in [0.29, 0.717) is 0 Å². The average Bonchev–Trinajstić information content (AvgIpc) is 2.64. The number of para-hydroxylation sites is 1. The maximum absolute atomic E-state index is 9.22. The molecule has 3 rings (SSSR count). The summed E-state index contributed by atoms with van der Waals surface area (Å²) in [6.07, 6.45) is 3.97. The zero-order valence-corrected chi connectivity index (χ0v) is 8.44. The van der Waals surface area contributed by atoms with Gasteiger partial charge in [0.25, 0.3) is 0 Å². The normalized spacial score (nSPS) is 28.2. The molecule has 3 nitrogen and oxygen atoms in total. The first-order valence-corrected chi connectivity index (χ1v) is 5.37. The molecule has 1 heterocycles. The molecular weight excluding hydrogens is 190 g/mol. The highest BCUT2D eigenvalue weighted by molar-refractivity contribution is 6.00. The third-order valence-electron chi connectivity index (χ3n) is 3.41. The van der Waals surface area contributed by atoms with Crippen LogP contribution in [0.4, 0.5) is 5.69 Å². The number of nitrogens with zero attached hydrogens (tertiary/aromatic N) is 1. The quantitative estimate of drug-likeness (QED) is 0.563. The minimum atomic E-state index is -0.630. The topological polar surface area (TPSA) is 41.8 Å².